The van der Waals surface area contributed by atoms with Gasteiger partial charge in [0.25, 0.3) is 0 Å². The number of tetrazole rings is 1. The molecule has 1 heterocycles. The lowest BCUT2D eigenvalue weighted by Gasteiger charge is -2.12. The monoisotopic (exact) mass is 313 g/mol. The van der Waals surface area contributed by atoms with Crippen molar-refractivity contribution in [1.82, 2.24) is 20.2 Å². The van der Waals surface area contributed by atoms with Crippen molar-refractivity contribution in [2.24, 2.45) is 7.05 Å². The van der Waals surface area contributed by atoms with Crippen LogP contribution in [0.1, 0.15) is 6.92 Å². The van der Waals surface area contributed by atoms with Crippen LogP contribution in [0.15, 0.2) is 47.6 Å². The Hall–Kier alpha value is -2.41. The lowest BCUT2D eigenvalue weighted by molar-refractivity contribution is -0.115. The molecule has 112 valence electrons. The largest absolute Gasteiger partial charge is 0.325 e. The van der Waals surface area contributed by atoms with Crippen LogP contribution in [-0.2, 0) is 11.8 Å². The number of nitrogens with one attached hydrogen (secondary N) is 1. The van der Waals surface area contributed by atoms with Gasteiger partial charge in [0.05, 0.1) is 5.25 Å². The average molecular weight is 313 g/mol. The molecular formula is C15H15N5OS. The summed E-state index contributed by atoms with van der Waals surface area (Å²) in [5, 5.41) is 16.6. The van der Waals surface area contributed by atoms with E-state index in [4.69, 9.17) is 0 Å². The molecule has 3 aromatic rings. The van der Waals surface area contributed by atoms with Crippen molar-refractivity contribution in [1.29, 1.82) is 0 Å². The molecule has 2 aromatic carbocycles. The van der Waals surface area contributed by atoms with Gasteiger partial charge in [-0.25, -0.2) is 4.68 Å². The Bertz CT molecular complexity index is 811. The molecule has 0 aliphatic heterocycles. The zero-order chi connectivity index (χ0) is 15.5. The number of nitrogens with zero attached hydrogens (tertiary/aromatic N) is 4. The highest BCUT2D eigenvalue weighted by Crippen LogP contribution is 2.25. The minimum Gasteiger partial charge on any atom is -0.325 e. The van der Waals surface area contributed by atoms with E-state index in [1.54, 1.807) is 11.7 Å². The zero-order valence-electron chi connectivity index (χ0n) is 12.2. The van der Waals surface area contributed by atoms with Crippen molar-refractivity contribution in [2.75, 3.05) is 5.32 Å². The van der Waals surface area contributed by atoms with Crippen LogP contribution in [0.2, 0.25) is 0 Å². The molecule has 3 rings (SSSR count). The topological polar surface area (TPSA) is 72.7 Å². The predicted molar refractivity (Wildman–Crippen MR) is 86.7 cm³/mol. The van der Waals surface area contributed by atoms with Crippen LogP contribution in [0, 0.1) is 0 Å². The van der Waals surface area contributed by atoms with Crippen molar-refractivity contribution < 1.29 is 4.79 Å². The number of hydrogen-bond donors (Lipinski definition) is 1. The molecule has 1 atom stereocenters. The molecule has 22 heavy (non-hydrogen) atoms. The van der Waals surface area contributed by atoms with Gasteiger partial charge in [0.15, 0.2) is 0 Å². The SMILES string of the molecule is C[C@@H](Sc1nnnn1C)C(=O)Nc1cccc2ccccc12. The number of amides is 1. The number of anilines is 1. The number of fused-ring (bicyclic) bond motifs is 1. The summed E-state index contributed by atoms with van der Waals surface area (Å²) in [6.45, 7) is 1.83. The normalized spacial score (nSPS) is 12.3. The fourth-order valence-corrected chi connectivity index (χ4v) is 2.86. The lowest BCUT2D eigenvalue weighted by atomic mass is 10.1. The van der Waals surface area contributed by atoms with Crippen molar-refractivity contribution in [2.45, 2.75) is 17.3 Å². The van der Waals surface area contributed by atoms with Crippen LogP contribution >= 0.6 is 11.8 Å². The van der Waals surface area contributed by atoms with Crippen molar-refractivity contribution >= 4 is 34.1 Å². The highest BCUT2D eigenvalue weighted by atomic mass is 32.2. The third kappa shape index (κ3) is 2.94. The van der Waals surface area contributed by atoms with Crippen molar-refractivity contribution in [3.05, 3.63) is 42.5 Å². The molecule has 1 aromatic heterocycles. The van der Waals surface area contributed by atoms with Gasteiger partial charge in [-0.1, -0.05) is 48.2 Å². The number of carbonyl (C=O) groups excluding carboxylic acids is 1. The van der Waals surface area contributed by atoms with E-state index >= 15 is 0 Å². The van der Waals surface area contributed by atoms with E-state index in [-0.39, 0.29) is 11.2 Å². The fourth-order valence-electron chi connectivity index (χ4n) is 2.10. The summed E-state index contributed by atoms with van der Waals surface area (Å²) in [5.74, 6) is -0.0793. The quantitative estimate of drug-likeness (QED) is 0.749. The van der Waals surface area contributed by atoms with Crippen molar-refractivity contribution in [3.8, 4) is 0 Å². The number of thioether (sulfide) groups is 1. The summed E-state index contributed by atoms with van der Waals surface area (Å²) >= 11 is 1.32. The summed E-state index contributed by atoms with van der Waals surface area (Å²) in [6.07, 6.45) is 0. The summed E-state index contributed by atoms with van der Waals surface area (Å²) in [5.41, 5.74) is 0.812. The molecule has 1 amide bonds. The van der Waals surface area contributed by atoms with E-state index in [0.717, 1.165) is 16.5 Å². The maximum atomic E-state index is 12.4. The standard InChI is InChI=1S/C15H15N5OS/c1-10(22-15-17-18-19-20(15)2)14(21)16-13-9-5-7-11-6-3-4-8-12(11)13/h3-10H,1-2H3,(H,16,21)/t10-/m1/s1. The number of hydrogen-bond acceptors (Lipinski definition) is 5. The van der Waals surface area contributed by atoms with E-state index in [9.17, 15) is 4.79 Å². The minimum atomic E-state index is -0.302. The molecule has 0 aliphatic rings. The van der Waals surface area contributed by atoms with E-state index in [1.807, 2.05) is 49.4 Å². The first-order valence-electron chi connectivity index (χ1n) is 6.83. The Morgan fingerprint density at radius 3 is 2.77 bits per heavy atom. The molecular weight excluding hydrogens is 298 g/mol. The van der Waals surface area contributed by atoms with E-state index in [2.05, 4.69) is 20.8 Å². The summed E-state index contributed by atoms with van der Waals surface area (Å²) in [6, 6.07) is 13.8. The molecule has 0 saturated carbocycles. The first kappa shape index (κ1) is 14.5. The average Bonchev–Trinajstić information content (AvgIpc) is 2.93. The van der Waals surface area contributed by atoms with Gasteiger partial charge in [0, 0.05) is 18.1 Å². The number of rotatable bonds is 4. The van der Waals surface area contributed by atoms with E-state index in [0.29, 0.717) is 5.16 Å². The number of aryl methyl sites for hydroxylation is 1. The summed E-state index contributed by atoms with van der Waals surface area (Å²) < 4.78 is 1.55. The molecule has 0 saturated heterocycles. The zero-order valence-corrected chi connectivity index (χ0v) is 13.0. The Morgan fingerprint density at radius 1 is 1.23 bits per heavy atom. The van der Waals surface area contributed by atoms with Gasteiger partial charge in [-0.3, -0.25) is 4.79 Å². The van der Waals surface area contributed by atoms with Crippen LogP contribution < -0.4 is 5.32 Å². The van der Waals surface area contributed by atoms with Gasteiger partial charge in [-0.05, 0) is 28.8 Å². The van der Waals surface area contributed by atoms with Gasteiger partial charge < -0.3 is 5.32 Å². The second-order valence-corrected chi connectivity index (χ2v) is 6.17. The number of aromatic nitrogens is 4. The smallest absolute Gasteiger partial charge is 0.237 e. The third-order valence-corrected chi connectivity index (χ3v) is 4.40. The maximum Gasteiger partial charge on any atom is 0.237 e. The van der Waals surface area contributed by atoms with Crippen LogP contribution in [0.3, 0.4) is 0 Å². The van der Waals surface area contributed by atoms with Crippen LogP contribution in [0.5, 0.6) is 0 Å². The van der Waals surface area contributed by atoms with Gasteiger partial charge in [0.2, 0.25) is 11.1 Å². The summed E-state index contributed by atoms with van der Waals surface area (Å²) in [4.78, 5) is 12.4. The van der Waals surface area contributed by atoms with Crippen LogP contribution in [0.4, 0.5) is 5.69 Å². The number of benzene rings is 2. The Kier molecular flexibility index (Phi) is 4.06. The molecule has 0 spiro atoms. The lowest BCUT2D eigenvalue weighted by Crippen LogP contribution is -2.23. The molecule has 0 aliphatic carbocycles. The van der Waals surface area contributed by atoms with Crippen molar-refractivity contribution in [3.63, 3.8) is 0 Å². The van der Waals surface area contributed by atoms with Gasteiger partial charge >= 0.3 is 0 Å². The molecule has 7 heteroatoms. The molecule has 0 fully saturated rings. The first-order chi connectivity index (χ1) is 10.6. The molecule has 0 radical (unpaired) electrons. The highest BCUT2D eigenvalue weighted by Gasteiger charge is 2.18. The Morgan fingerprint density at radius 2 is 2.00 bits per heavy atom. The van der Waals surface area contributed by atoms with Crippen LogP contribution in [0.25, 0.3) is 10.8 Å². The van der Waals surface area contributed by atoms with Gasteiger partial charge in [-0.2, -0.15) is 0 Å². The minimum absolute atomic E-state index is 0.0793. The van der Waals surface area contributed by atoms with E-state index in [1.165, 1.54) is 11.8 Å². The van der Waals surface area contributed by atoms with E-state index < -0.39 is 0 Å². The molecule has 0 unspecified atom stereocenters. The van der Waals surface area contributed by atoms with Crippen LogP contribution in [-0.4, -0.2) is 31.4 Å². The Balaban J connectivity index is 1.77. The maximum absolute atomic E-state index is 12.4. The fraction of sp³-hybridized carbons (Fsp3) is 0.200. The van der Waals surface area contributed by atoms with Gasteiger partial charge in [0.1, 0.15) is 0 Å². The second kappa shape index (κ2) is 6.15. The summed E-state index contributed by atoms with van der Waals surface area (Å²) in [7, 11) is 1.75. The second-order valence-electron chi connectivity index (χ2n) is 4.86. The third-order valence-electron chi connectivity index (χ3n) is 3.28. The predicted octanol–water partition coefficient (Wildman–Crippen LogP) is 2.48. The number of carbonyl (C=O) groups is 1. The molecule has 6 nitrogen and oxygen atoms in total. The molecule has 1 N–H and O–H groups in total. The van der Waals surface area contributed by atoms with Gasteiger partial charge in [-0.15, -0.1) is 5.10 Å². The molecule has 0 bridgehead atoms. The Labute approximate surface area is 131 Å². The highest BCUT2D eigenvalue weighted by molar-refractivity contribution is 8.00. The first-order valence-corrected chi connectivity index (χ1v) is 7.71.